The first-order chi connectivity index (χ1) is 9.48. The van der Waals surface area contributed by atoms with Crippen molar-refractivity contribution in [2.24, 2.45) is 0 Å². The van der Waals surface area contributed by atoms with Crippen molar-refractivity contribution >= 4 is 15.9 Å². The molecule has 2 rings (SSSR count). The smallest absolute Gasteiger partial charge is 0.133 e. The topological polar surface area (TPSA) is 61.7 Å². The Morgan fingerprint density at radius 2 is 2.20 bits per heavy atom. The number of nitrogens with one attached hydrogen (secondary N) is 1. The largest absolute Gasteiger partial charge is 0.490 e. The molecular formula is C15H22BrNO3. The zero-order valence-electron chi connectivity index (χ0n) is 11.7. The summed E-state index contributed by atoms with van der Waals surface area (Å²) in [5, 5.41) is 22.9. The molecule has 0 saturated heterocycles. The standard InChI is InChI=1S/C15H22BrNO3/c1-11-3-4-14(13(16)7-11)20-9-12(18)8-17-10-15(19)5-2-6-15/h3-4,7,12,17-19H,2,5-6,8-10H2,1H3. The van der Waals surface area contributed by atoms with Gasteiger partial charge in [0.1, 0.15) is 18.5 Å². The Labute approximate surface area is 128 Å². The first-order valence-electron chi connectivity index (χ1n) is 6.99. The Balaban J connectivity index is 1.67. The second-order valence-corrected chi connectivity index (χ2v) is 6.46. The van der Waals surface area contributed by atoms with Gasteiger partial charge < -0.3 is 20.3 Å². The van der Waals surface area contributed by atoms with E-state index in [0.29, 0.717) is 13.1 Å². The van der Waals surface area contributed by atoms with Crippen molar-refractivity contribution in [2.75, 3.05) is 19.7 Å². The van der Waals surface area contributed by atoms with Crippen molar-refractivity contribution in [3.8, 4) is 5.75 Å². The number of hydrogen-bond donors (Lipinski definition) is 3. The SMILES string of the molecule is Cc1ccc(OCC(O)CNCC2(O)CCC2)c(Br)c1. The van der Waals surface area contributed by atoms with Gasteiger partial charge in [0.05, 0.1) is 10.1 Å². The molecular weight excluding hydrogens is 322 g/mol. The van der Waals surface area contributed by atoms with E-state index in [9.17, 15) is 10.2 Å². The maximum atomic E-state index is 9.91. The summed E-state index contributed by atoms with van der Waals surface area (Å²) in [6.45, 7) is 3.20. The van der Waals surface area contributed by atoms with Gasteiger partial charge >= 0.3 is 0 Å². The summed E-state index contributed by atoms with van der Waals surface area (Å²) in [6.07, 6.45) is 2.20. The first-order valence-corrected chi connectivity index (χ1v) is 7.78. The molecule has 0 aromatic heterocycles. The highest BCUT2D eigenvalue weighted by Crippen LogP contribution is 2.30. The molecule has 0 amide bonds. The van der Waals surface area contributed by atoms with Gasteiger partial charge in [-0.15, -0.1) is 0 Å². The minimum absolute atomic E-state index is 0.229. The zero-order chi connectivity index (χ0) is 14.6. The van der Waals surface area contributed by atoms with Crippen LogP contribution in [0.5, 0.6) is 5.75 Å². The molecule has 5 heteroatoms. The van der Waals surface area contributed by atoms with E-state index < -0.39 is 11.7 Å². The van der Waals surface area contributed by atoms with E-state index in [1.807, 2.05) is 25.1 Å². The quantitative estimate of drug-likeness (QED) is 0.708. The van der Waals surface area contributed by atoms with Crippen LogP contribution in [0.3, 0.4) is 0 Å². The van der Waals surface area contributed by atoms with Gasteiger partial charge in [-0.3, -0.25) is 0 Å². The van der Waals surface area contributed by atoms with E-state index in [1.165, 1.54) is 0 Å². The predicted molar refractivity (Wildman–Crippen MR) is 82.1 cm³/mol. The molecule has 0 heterocycles. The average Bonchev–Trinajstić information content (AvgIpc) is 2.35. The first kappa shape index (κ1) is 15.8. The van der Waals surface area contributed by atoms with Crippen LogP contribution in [-0.4, -0.2) is 41.6 Å². The Morgan fingerprint density at radius 3 is 2.80 bits per heavy atom. The fourth-order valence-electron chi connectivity index (χ4n) is 2.20. The molecule has 1 fully saturated rings. The third kappa shape index (κ3) is 4.45. The molecule has 1 aromatic rings. The summed E-state index contributed by atoms with van der Waals surface area (Å²) in [4.78, 5) is 0. The molecule has 1 aliphatic rings. The molecule has 1 aliphatic carbocycles. The van der Waals surface area contributed by atoms with Crippen molar-refractivity contribution in [1.82, 2.24) is 5.32 Å². The fourth-order valence-corrected chi connectivity index (χ4v) is 2.81. The molecule has 1 saturated carbocycles. The van der Waals surface area contributed by atoms with E-state index in [2.05, 4.69) is 21.2 Å². The van der Waals surface area contributed by atoms with Gasteiger partial charge in [0, 0.05) is 13.1 Å². The van der Waals surface area contributed by atoms with Gasteiger partial charge in [-0.1, -0.05) is 6.07 Å². The van der Waals surface area contributed by atoms with E-state index in [-0.39, 0.29) is 6.61 Å². The van der Waals surface area contributed by atoms with Crippen LogP contribution in [0.1, 0.15) is 24.8 Å². The van der Waals surface area contributed by atoms with E-state index in [0.717, 1.165) is 35.0 Å². The number of aliphatic hydroxyl groups is 2. The molecule has 112 valence electrons. The van der Waals surface area contributed by atoms with Gasteiger partial charge in [0.25, 0.3) is 0 Å². The Morgan fingerprint density at radius 1 is 1.45 bits per heavy atom. The number of rotatable bonds is 7. The van der Waals surface area contributed by atoms with Crippen molar-refractivity contribution in [2.45, 2.75) is 37.9 Å². The molecule has 20 heavy (non-hydrogen) atoms. The Bertz CT molecular complexity index is 449. The number of aryl methyl sites for hydroxylation is 1. The maximum absolute atomic E-state index is 9.91. The summed E-state index contributed by atoms with van der Waals surface area (Å²) in [5.74, 6) is 0.729. The lowest BCUT2D eigenvalue weighted by molar-refractivity contribution is -0.0334. The summed E-state index contributed by atoms with van der Waals surface area (Å²) in [6, 6.07) is 5.83. The van der Waals surface area contributed by atoms with E-state index in [1.54, 1.807) is 0 Å². The second kappa shape index (κ2) is 6.89. The van der Waals surface area contributed by atoms with Crippen LogP contribution < -0.4 is 10.1 Å². The third-order valence-electron chi connectivity index (χ3n) is 3.64. The highest BCUT2D eigenvalue weighted by atomic mass is 79.9. The average molecular weight is 344 g/mol. The normalized spacial score (nSPS) is 18.4. The highest BCUT2D eigenvalue weighted by molar-refractivity contribution is 9.10. The van der Waals surface area contributed by atoms with Crippen LogP contribution in [0, 0.1) is 6.92 Å². The van der Waals surface area contributed by atoms with Crippen molar-refractivity contribution in [3.63, 3.8) is 0 Å². The lowest BCUT2D eigenvalue weighted by atomic mass is 9.80. The highest BCUT2D eigenvalue weighted by Gasteiger charge is 2.33. The second-order valence-electron chi connectivity index (χ2n) is 5.61. The lowest BCUT2D eigenvalue weighted by Crippen LogP contribution is -2.48. The van der Waals surface area contributed by atoms with Gasteiger partial charge in [0.15, 0.2) is 0 Å². The fraction of sp³-hybridized carbons (Fsp3) is 0.600. The van der Waals surface area contributed by atoms with Crippen LogP contribution in [0.25, 0.3) is 0 Å². The summed E-state index contributed by atoms with van der Waals surface area (Å²) >= 11 is 3.44. The predicted octanol–water partition coefficient (Wildman–Crippen LogP) is 2.00. The van der Waals surface area contributed by atoms with E-state index >= 15 is 0 Å². The minimum atomic E-state index is -0.591. The number of aliphatic hydroxyl groups excluding tert-OH is 1. The molecule has 1 aromatic carbocycles. The number of ether oxygens (including phenoxy) is 1. The maximum Gasteiger partial charge on any atom is 0.133 e. The summed E-state index contributed by atoms with van der Waals surface area (Å²) < 4.78 is 6.47. The molecule has 4 nitrogen and oxygen atoms in total. The van der Waals surface area contributed by atoms with Crippen LogP contribution in [-0.2, 0) is 0 Å². The minimum Gasteiger partial charge on any atom is -0.490 e. The van der Waals surface area contributed by atoms with Crippen LogP contribution in [0.4, 0.5) is 0 Å². The van der Waals surface area contributed by atoms with Gasteiger partial charge in [-0.05, 0) is 59.8 Å². The molecule has 3 N–H and O–H groups in total. The van der Waals surface area contributed by atoms with Gasteiger partial charge in [-0.2, -0.15) is 0 Å². The lowest BCUT2D eigenvalue weighted by Gasteiger charge is -2.36. The molecule has 0 bridgehead atoms. The zero-order valence-corrected chi connectivity index (χ0v) is 13.3. The van der Waals surface area contributed by atoms with Crippen molar-refractivity contribution < 1.29 is 14.9 Å². The number of hydrogen-bond acceptors (Lipinski definition) is 4. The van der Waals surface area contributed by atoms with Gasteiger partial charge in [-0.25, -0.2) is 0 Å². The molecule has 0 spiro atoms. The third-order valence-corrected chi connectivity index (χ3v) is 4.26. The Hall–Kier alpha value is -0.620. The number of benzene rings is 1. The molecule has 0 aliphatic heterocycles. The van der Waals surface area contributed by atoms with E-state index in [4.69, 9.17) is 4.74 Å². The molecule has 0 radical (unpaired) electrons. The van der Waals surface area contributed by atoms with Gasteiger partial charge in [0.2, 0.25) is 0 Å². The van der Waals surface area contributed by atoms with Crippen molar-refractivity contribution in [1.29, 1.82) is 0 Å². The Kier molecular flexibility index (Phi) is 5.43. The molecule has 1 atom stereocenters. The number of halogens is 1. The summed E-state index contributed by atoms with van der Waals surface area (Å²) in [5.41, 5.74) is 0.598. The van der Waals surface area contributed by atoms with Crippen molar-refractivity contribution in [3.05, 3.63) is 28.2 Å². The van der Waals surface area contributed by atoms with Crippen LogP contribution in [0.2, 0.25) is 0 Å². The summed E-state index contributed by atoms with van der Waals surface area (Å²) in [7, 11) is 0. The van der Waals surface area contributed by atoms with Crippen LogP contribution in [0.15, 0.2) is 22.7 Å². The monoisotopic (exact) mass is 343 g/mol. The molecule has 1 unspecified atom stereocenters. The van der Waals surface area contributed by atoms with Crippen LogP contribution >= 0.6 is 15.9 Å².